The molecule has 1 atom stereocenters. The van der Waals surface area contributed by atoms with E-state index in [1.165, 1.54) is 6.20 Å². The van der Waals surface area contributed by atoms with E-state index in [-0.39, 0.29) is 5.25 Å². The highest BCUT2D eigenvalue weighted by Crippen LogP contribution is 2.20. The van der Waals surface area contributed by atoms with Gasteiger partial charge in [0.05, 0.1) is 5.56 Å². The number of hydrogen-bond acceptors (Lipinski definition) is 5. The van der Waals surface area contributed by atoms with Crippen LogP contribution in [0.15, 0.2) is 42.6 Å². The number of nitriles is 1. The summed E-state index contributed by atoms with van der Waals surface area (Å²) in [6, 6.07) is 13.4. The van der Waals surface area contributed by atoms with E-state index in [1.807, 2.05) is 30.3 Å². The van der Waals surface area contributed by atoms with Gasteiger partial charge in [0.25, 0.3) is 0 Å². The van der Waals surface area contributed by atoms with Crippen molar-refractivity contribution in [2.45, 2.75) is 23.8 Å². The number of nitrogens with one attached hydrogen (secondary N) is 1. The first-order chi connectivity index (χ1) is 11.7. The Balaban J connectivity index is 1.64. The zero-order chi connectivity index (χ0) is 16.8. The van der Waals surface area contributed by atoms with E-state index in [1.54, 1.807) is 12.1 Å². The molecular weight excluding hydrogens is 322 g/mol. The molecule has 0 amide bonds. The summed E-state index contributed by atoms with van der Waals surface area (Å²) >= 11 is 0. The fraction of sp³-hybridized carbons (Fsp3) is 0.333. The minimum Gasteiger partial charge on any atom is -0.381 e. The second-order valence-electron chi connectivity index (χ2n) is 5.71. The van der Waals surface area contributed by atoms with E-state index < -0.39 is 10.8 Å². The van der Waals surface area contributed by atoms with Crippen LogP contribution < -0.4 is 5.32 Å². The molecule has 1 N–H and O–H groups in total. The second-order valence-corrected chi connectivity index (χ2v) is 7.42. The van der Waals surface area contributed by atoms with Crippen molar-refractivity contribution in [3.8, 4) is 6.07 Å². The zero-order valence-electron chi connectivity index (χ0n) is 13.3. The van der Waals surface area contributed by atoms with Crippen molar-refractivity contribution in [1.82, 2.24) is 4.98 Å². The van der Waals surface area contributed by atoms with Gasteiger partial charge < -0.3 is 10.1 Å². The Bertz CT molecular complexity index is 750. The van der Waals surface area contributed by atoms with Crippen LogP contribution in [-0.4, -0.2) is 27.7 Å². The van der Waals surface area contributed by atoms with Crippen LogP contribution in [0.25, 0.3) is 0 Å². The molecule has 6 heteroatoms. The third-order valence-electron chi connectivity index (χ3n) is 3.94. The lowest BCUT2D eigenvalue weighted by molar-refractivity contribution is 0.0992. The van der Waals surface area contributed by atoms with Crippen molar-refractivity contribution in [1.29, 1.82) is 5.26 Å². The normalized spacial score (nSPS) is 16.3. The van der Waals surface area contributed by atoms with Gasteiger partial charge in [-0.05, 0) is 42.7 Å². The molecule has 1 aromatic heterocycles. The first-order valence-electron chi connectivity index (χ1n) is 7.91. The maximum Gasteiger partial charge on any atom is 0.130 e. The summed E-state index contributed by atoms with van der Waals surface area (Å²) in [6.07, 6.45) is 3.28. The summed E-state index contributed by atoms with van der Waals surface area (Å²) < 4.78 is 17.8. The molecular formula is C18H19N3O2S. The molecule has 124 valence electrons. The number of hydrogen-bond donors (Lipinski definition) is 1. The summed E-state index contributed by atoms with van der Waals surface area (Å²) in [7, 11) is -0.876. The fourth-order valence-electron chi connectivity index (χ4n) is 2.64. The first kappa shape index (κ1) is 16.6. The maximum atomic E-state index is 12.5. The molecule has 1 saturated heterocycles. The molecule has 24 heavy (non-hydrogen) atoms. The number of ether oxygens (including phenoxy) is 1. The fourth-order valence-corrected chi connectivity index (χ4v) is 4.10. The lowest BCUT2D eigenvalue weighted by Crippen LogP contribution is -2.25. The molecule has 0 aliphatic carbocycles. The number of anilines is 2. The Morgan fingerprint density at radius 2 is 2.12 bits per heavy atom. The van der Waals surface area contributed by atoms with E-state index in [0.717, 1.165) is 24.1 Å². The predicted molar refractivity (Wildman–Crippen MR) is 94.4 cm³/mol. The van der Waals surface area contributed by atoms with Gasteiger partial charge in [0.2, 0.25) is 0 Å². The van der Waals surface area contributed by atoms with Crippen LogP contribution in [0.4, 0.5) is 11.5 Å². The van der Waals surface area contributed by atoms with Gasteiger partial charge in [0, 0.05) is 46.9 Å². The minimum absolute atomic E-state index is 0.232. The predicted octanol–water partition coefficient (Wildman–Crippen LogP) is 3.12. The van der Waals surface area contributed by atoms with E-state index in [0.29, 0.717) is 30.3 Å². The van der Waals surface area contributed by atoms with E-state index in [2.05, 4.69) is 10.3 Å². The van der Waals surface area contributed by atoms with Crippen LogP contribution in [0.5, 0.6) is 0 Å². The molecule has 1 aliphatic rings. The number of nitrogens with zero attached hydrogens (tertiary/aromatic N) is 2. The van der Waals surface area contributed by atoms with Crippen molar-refractivity contribution >= 4 is 22.3 Å². The van der Waals surface area contributed by atoms with Crippen molar-refractivity contribution in [2.75, 3.05) is 18.5 Å². The Labute approximate surface area is 144 Å². The van der Waals surface area contributed by atoms with Crippen LogP contribution >= 0.6 is 0 Å². The largest absolute Gasteiger partial charge is 0.381 e. The molecule has 0 radical (unpaired) electrons. The van der Waals surface area contributed by atoms with Crippen LogP contribution in [0, 0.1) is 11.3 Å². The topological polar surface area (TPSA) is 75.0 Å². The van der Waals surface area contributed by atoms with E-state index in [9.17, 15) is 4.21 Å². The molecule has 0 saturated carbocycles. The molecule has 1 aromatic carbocycles. The Morgan fingerprint density at radius 3 is 2.83 bits per heavy atom. The zero-order valence-corrected chi connectivity index (χ0v) is 14.1. The molecule has 0 spiro atoms. The van der Waals surface area contributed by atoms with Crippen LogP contribution in [-0.2, 0) is 21.3 Å². The first-order valence-corrected chi connectivity index (χ1v) is 9.30. The summed E-state index contributed by atoms with van der Waals surface area (Å²) in [5, 5.41) is 12.2. The molecule has 0 bridgehead atoms. The second kappa shape index (κ2) is 8.04. The minimum atomic E-state index is -0.876. The highest BCUT2D eigenvalue weighted by Gasteiger charge is 2.20. The van der Waals surface area contributed by atoms with E-state index >= 15 is 0 Å². The molecule has 1 fully saturated rings. The molecule has 1 aliphatic heterocycles. The monoisotopic (exact) mass is 341 g/mol. The standard InChI is InChI=1S/C18H19N3O2S/c19-11-15-4-5-18(20-12-15)21-16-3-1-2-14(10-16)13-24(22)17-6-8-23-9-7-17/h1-5,10,12,17H,6-9,13H2,(H,20,21). The summed E-state index contributed by atoms with van der Waals surface area (Å²) in [4.78, 5) is 4.20. The average molecular weight is 341 g/mol. The third kappa shape index (κ3) is 4.40. The van der Waals surface area contributed by atoms with E-state index in [4.69, 9.17) is 10.00 Å². The highest BCUT2D eigenvalue weighted by molar-refractivity contribution is 7.84. The molecule has 2 heterocycles. The van der Waals surface area contributed by atoms with Crippen molar-refractivity contribution in [2.24, 2.45) is 0 Å². The highest BCUT2D eigenvalue weighted by atomic mass is 32.2. The van der Waals surface area contributed by atoms with Gasteiger partial charge >= 0.3 is 0 Å². The van der Waals surface area contributed by atoms with Gasteiger partial charge in [0.1, 0.15) is 11.9 Å². The van der Waals surface area contributed by atoms with Gasteiger partial charge in [-0.25, -0.2) is 4.98 Å². The summed E-state index contributed by atoms with van der Waals surface area (Å²) in [6.45, 7) is 1.42. The SMILES string of the molecule is N#Cc1ccc(Nc2cccc(CS(=O)C3CCOCC3)c2)nc1. The third-order valence-corrected chi connectivity index (χ3v) is 5.77. The van der Waals surface area contributed by atoms with Crippen molar-refractivity contribution in [3.05, 3.63) is 53.7 Å². The Kier molecular flexibility index (Phi) is 5.57. The van der Waals surface area contributed by atoms with Gasteiger partial charge in [0.15, 0.2) is 0 Å². The summed E-state index contributed by atoms with van der Waals surface area (Å²) in [5.41, 5.74) is 2.47. The Hall–Kier alpha value is -2.23. The summed E-state index contributed by atoms with van der Waals surface area (Å²) in [5.74, 6) is 1.23. The van der Waals surface area contributed by atoms with Gasteiger partial charge in [-0.1, -0.05) is 12.1 Å². The van der Waals surface area contributed by atoms with Gasteiger partial charge in [-0.3, -0.25) is 4.21 Å². The lowest BCUT2D eigenvalue weighted by atomic mass is 10.2. The molecule has 2 aromatic rings. The Morgan fingerprint density at radius 1 is 1.29 bits per heavy atom. The van der Waals surface area contributed by atoms with Crippen LogP contribution in [0.3, 0.4) is 0 Å². The smallest absolute Gasteiger partial charge is 0.130 e. The number of rotatable bonds is 5. The van der Waals surface area contributed by atoms with Gasteiger partial charge in [-0.15, -0.1) is 0 Å². The number of aromatic nitrogens is 1. The quantitative estimate of drug-likeness (QED) is 0.904. The number of benzene rings is 1. The molecule has 5 nitrogen and oxygen atoms in total. The van der Waals surface area contributed by atoms with Gasteiger partial charge in [-0.2, -0.15) is 5.26 Å². The molecule has 3 rings (SSSR count). The average Bonchev–Trinajstić information content (AvgIpc) is 2.63. The lowest BCUT2D eigenvalue weighted by Gasteiger charge is -2.21. The maximum absolute atomic E-state index is 12.5. The van der Waals surface area contributed by atoms with Crippen LogP contribution in [0.1, 0.15) is 24.0 Å². The molecule has 1 unspecified atom stereocenters. The van der Waals surface area contributed by atoms with Crippen molar-refractivity contribution < 1.29 is 8.95 Å². The van der Waals surface area contributed by atoms with Crippen LogP contribution in [0.2, 0.25) is 0 Å². The number of pyridine rings is 1. The van der Waals surface area contributed by atoms with Crippen molar-refractivity contribution in [3.63, 3.8) is 0 Å².